The molecule has 4 heteroatoms. The molecule has 1 aliphatic rings. The van der Waals surface area contributed by atoms with Gasteiger partial charge in [-0.2, -0.15) is 0 Å². The first-order valence-electron chi connectivity index (χ1n) is 10.6. The van der Waals surface area contributed by atoms with Crippen LogP contribution < -0.4 is 0 Å². The van der Waals surface area contributed by atoms with Crippen LogP contribution in [0.1, 0.15) is 62.2 Å². The predicted octanol–water partition coefficient (Wildman–Crippen LogP) is 5.65. The first-order valence-corrected chi connectivity index (χ1v) is 11.9. The van der Waals surface area contributed by atoms with Crippen LogP contribution in [0.2, 0.25) is 0 Å². The van der Waals surface area contributed by atoms with Crippen molar-refractivity contribution in [3.63, 3.8) is 0 Å². The van der Waals surface area contributed by atoms with Gasteiger partial charge in [-0.3, -0.25) is 4.79 Å². The van der Waals surface area contributed by atoms with Crippen molar-refractivity contribution < 1.29 is 9.90 Å². The van der Waals surface area contributed by atoms with Gasteiger partial charge in [-0.15, -0.1) is 11.8 Å². The quantitative estimate of drug-likeness (QED) is 0.570. The molecule has 0 heterocycles. The number of aliphatic hydroxyl groups excluding tert-OH is 1. The summed E-state index contributed by atoms with van der Waals surface area (Å²) < 4.78 is 0. The lowest BCUT2D eigenvalue weighted by Crippen LogP contribution is -2.42. The van der Waals surface area contributed by atoms with Gasteiger partial charge in [-0.05, 0) is 48.8 Å². The number of aliphatic hydroxyl groups is 1. The molecule has 3 nitrogen and oxygen atoms in total. The minimum atomic E-state index is -0.699. The summed E-state index contributed by atoms with van der Waals surface area (Å²) in [4.78, 5) is 16.6. The molecule has 3 rings (SSSR count). The van der Waals surface area contributed by atoms with Gasteiger partial charge < -0.3 is 10.0 Å². The summed E-state index contributed by atoms with van der Waals surface area (Å²) in [5, 5.41) is 10.8. The number of thioether (sulfide) groups is 1. The van der Waals surface area contributed by atoms with Gasteiger partial charge in [-0.1, -0.05) is 68.1 Å². The number of nitrogens with zero attached hydrogens (tertiary/aromatic N) is 1. The Kier molecular flexibility index (Phi) is 7.79. The second-order valence-corrected chi connectivity index (χ2v) is 9.14. The minimum Gasteiger partial charge on any atom is -0.386 e. The summed E-state index contributed by atoms with van der Waals surface area (Å²) >= 11 is 1.71. The molecular formula is C25H33NO2S. The largest absolute Gasteiger partial charge is 0.386 e. The van der Waals surface area contributed by atoms with Gasteiger partial charge in [0.25, 0.3) is 0 Å². The molecule has 2 aromatic carbocycles. The summed E-state index contributed by atoms with van der Waals surface area (Å²) in [5.74, 6) is 0.572. The van der Waals surface area contributed by atoms with E-state index in [0.717, 1.165) is 17.5 Å². The fourth-order valence-electron chi connectivity index (χ4n) is 4.40. The van der Waals surface area contributed by atoms with E-state index in [1.807, 2.05) is 44.3 Å². The molecule has 3 atom stereocenters. The van der Waals surface area contributed by atoms with Crippen LogP contribution in [0.15, 0.2) is 59.5 Å². The lowest BCUT2D eigenvalue weighted by atomic mass is 9.86. The molecule has 1 amide bonds. The fraction of sp³-hybridized carbons (Fsp3) is 0.480. The zero-order valence-corrected chi connectivity index (χ0v) is 18.6. The average molecular weight is 412 g/mol. The number of carbonyl (C=O) groups excluding carboxylic acids is 1. The van der Waals surface area contributed by atoms with E-state index in [1.165, 1.54) is 30.6 Å². The summed E-state index contributed by atoms with van der Waals surface area (Å²) in [5.41, 5.74) is 1.94. The summed E-state index contributed by atoms with van der Waals surface area (Å²) in [7, 11) is 1.83. The van der Waals surface area contributed by atoms with E-state index in [0.29, 0.717) is 5.92 Å². The Hall–Kier alpha value is -1.78. The highest BCUT2D eigenvalue weighted by Crippen LogP contribution is 2.36. The molecule has 1 N–H and O–H groups in total. The molecule has 0 unspecified atom stereocenters. The zero-order chi connectivity index (χ0) is 20.8. The highest BCUT2D eigenvalue weighted by Gasteiger charge is 2.32. The van der Waals surface area contributed by atoms with Crippen molar-refractivity contribution in [2.75, 3.05) is 13.3 Å². The molecule has 1 aliphatic carbocycles. The molecule has 156 valence electrons. The van der Waals surface area contributed by atoms with Crippen LogP contribution >= 0.6 is 11.8 Å². The maximum atomic E-state index is 13.6. The highest BCUT2D eigenvalue weighted by atomic mass is 32.2. The van der Waals surface area contributed by atoms with Crippen LogP contribution in [0.5, 0.6) is 0 Å². The van der Waals surface area contributed by atoms with Gasteiger partial charge in [0, 0.05) is 11.9 Å². The van der Waals surface area contributed by atoms with Crippen LogP contribution in [-0.2, 0) is 4.79 Å². The first kappa shape index (κ1) is 21.9. The molecule has 1 fully saturated rings. The van der Waals surface area contributed by atoms with Crippen LogP contribution in [0.4, 0.5) is 0 Å². The predicted molar refractivity (Wildman–Crippen MR) is 121 cm³/mol. The monoisotopic (exact) mass is 411 g/mol. The molecule has 0 aromatic heterocycles. The number of rotatable bonds is 8. The third-order valence-electron chi connectivity index (χ3n) is 6.39. The van der Waals surface area contributed by atoms with E-state index in [9.17, 15) is 9.90 Å². The molecule has 0 bridgehead atoms. The average Bonchev–Trinajstić information content (AvgIpc) is 3.29. The molecule has 0 spiro atoms. The van der Waals surface area contributed by atoms with Gasteiger partial charge in [0.05, 0.1) is 18.1 Å². The zero-order valence-electron chi connectivity index (χ0n) is 17.8. The normalized spacial score (nSPS) is 17.7. The molecule has 0 radical (unpaired) electrons. The minimum absolute atomic E-state index is 0.109. The van der Waals surface area contributed by atoms with Gasteiger partial charge >= 0.3 is 0 Å². The van der Waals surface area contributed by atoms with E-state index in [4.69, 9.17) is 0 Å². The highest BCUT2D eigenvalue weighted by molar-refractivity contribution is 7.98. The van der Waals surface area contributed by atoms with Crippen molar-refractivity contribution in [1.29, 1.82) is 0 Å². The molecule has 0 saturated heterocycles. The van der Waals surface area contributed by atoms with E-state index < -0.39 is 6.10 Å². The van der Waals surface area contributed by atoms with E-state index in [2.05, 4.69) is 30.5 Å². The van der Waals surface area contributed by atoms with Crippen molar-refractivity contribution in [3.8, 4) is 0 Å². The number of carbonyl (C=O) groups is 1. The first-order chi connectivity index (χ1) is 14.0. The molecule has 1 saturated carbocycles. The van der Waals surface area contributed by atoms with E-state index >= 15 is 0 Å². The maximum absolute atomic E-state index is 13.6. The van der Waals surface area contributed by atoms with Crippen LogP contribution in [0, 0.1) is 5.92 Å². The second kappa shape index (κ2) is 10.3. The van der Waals surface area contributed by atoms with Crippen molar-refractivity contribution in [3.05, 3.63) is 65.7 Å². The van der Waals surface area contributed by atoms with Crippen LogP contribution in [0.25, 0.3) is 0 Å². The van der Waals surface area contributed by atoms with Gasteiger partial charge in [0.15, 0.2) is 0 Å². The van der Waals surface area contributed by atoms with E-state index in [1.54, 1.807) is 16.7 Å². The number of hydrogen-bond acceptors (Lipinski definition) is 3. The molecule has 2 aromatic rings. The second-order valence-electron chi connectivity index (χ2n) is 8.26. The Bertz CT molecular complexity index is 788. The Balaban J connectivity index is 1.82. The van der Waals surface area contributed by atoms with E-state index in [-0.39, 0.29) is 17.9 Å². The van der Waals surface area contributed by atoms with Crippen molar-refractivity contribution in [1.82, 2.24) is 4.90 Å². The summed E-state index contributed by atoms with van der Waals surface area (Å²) in [6.45, 7) is 1.93. The Morgan fingerprint density at radius 1 is 1.10 bits per heavy atom. The summed E-state index contributed by atoms with van der Waals surface area (Å²) in [6.07, 6.45) is 7.25. The summed E-state index contributed by atoms with van der Waals surface area (Å²) in [6, 6.07) is 17.7. The van der Waals surface area contributed by atoms with Crippen LogP contribution in [0.3, 0.4) is 0 Å². The Morgan fingerprint density at radius 3 is 2.41 bits per heavy atom. The number of likely N-dealkylation sites (N-methyl/N-ethyl adjacent to an activating group) is 1. The molecule has 29 heavy (non-hydrogen) atoms. The smallest absolute Gasteiger partial charge is 0.230 e. The third-order valence-corrected chi connectivity index (χ3v) is 7.12. The molecule has 0 aliphatic heterocycles. The van der Waals surface area contributed by atoms with Crippen molar-refractivity contribution in [2.24, 2.45) is 5.92 Å². The van der Waals surface area contributed by atoms with Gasteiger partial charge in [0.1, 0.15) is 0 Å². The third kappa shape index (κ3) is 5.43. The van der Waals surface area contributed by atoms with Gasteiger partial charge in [-0.25, -0.2) is 0 Å². The lowest BCUT2D eigenvalue weighted by molar-refractivity contribution is -0.136. The van der Waals surface area contributed by atoms with Gasteiger partial charge in [0.2, 0.25) is 5.91 Å². The standard InChI is InChI=1S/C25H33NO2S/c1-18(24(27)20-12-5-4-6-13-20)26(2)25(28)23(16-19-10-7-8-11-19)21-14-9-15-22(17-21)29-3/h4-6,9,12-15,17-19,23-24,27H,7-8,10-11,16H2,1-3H3/t18-,23-,24-/m1/s1. The fourth-order valence-corrected chi connectivity index (χ4v) is 4.87. The topological polar surface area (TPSA) is 40.5 Å². The Labute approximate surface area is 179 Å². The Morgan fingerprint density at radius 2 is 1.76 bits per heavy atom. The van der Waals surface area contributed by atoms with Crippen molar-refractivity contribution >= 4 is 17.7 Å². The lowest BCUT2D eigenvalue weighted by Gasteiger charge is -2.33. The molecular weight excluding hydrogens is 378 g/mol. The maximum Gasteiger partial charge on any atom is 0.230 e. The number of amides is 1. The number of benzene rings is 2. The SMILES string of the molecule is CSc1cccc([C@@H](CC2CCCC2)C(=O)N(C)[C@H](C)[C@@H](O)c2ccccc2)c1. The van der Waals surface area contributed by atoms with Crippen molar-refractivity contribution in [2.45, 2.75) is 62.0 Å². The van der Waals surface area contributed by atoms with Crippen LogP contribution in [-0.4, -0.2) is 35.3 Å². The number of hydrogen-bond donors (Lipinski definition) is 1.